The molecular formula is C21H21N5O2S2. The Morgan fingerprint density at radius 2 is 1.90 bits per heavy atom. The summed E-state index contributed by atoms with van der Waals surface area (Å²) in [6.07, 6.45) is 6.52. The first-order chi connectivity index (χ1) is 14.6. The van der Waals surface area contributed by atoms with E-state index < -0.39 is 10.0 Å². The van der Waals surface area contributed by atoms with E-state index in [0.717, 1.165) is 40.7 Å². The summed E-state index contributed by atoms with van der Waals surface area (Å²) in [5.41, 5.74) is 2.60. The van der Waals surface area contributed by atoms with Crippen LogP contribution in [0.4, 0.5) is 11.6 Å². The molecule has 9 heteroatoms. The van der Waals surface area contributed by atoms with Crippen molar-refractivity contribution in [2.45, 2.75) is 23.5 Å². The minimum Gasteiger partial charge on any atom is -0.361 e. The molecule has 0 radical (unpaired) electrons. The molecule has 1 aliphatic rings. The molecule has 0 amide bonds. The molecule has 1 fully saturated rings. The quantitative estimate of drug-likeness (QED) is 0.474. The number of benzene rings is 1. The zero-order valence-corrected chi connectivity index (χ0v) is 17.8. The highest BCUT2D eigenvalue weighted by Gasteiger charge is 2.27. The summed E-state index contributed by atoms with van der Waals surface area (Å²) < 4.78 is 27.8. The van der Waals surface area contributed by atoms with Gasteiger partial charge in [-0.15, -0.1) is 11.3 Å². The predicted octanol–water partition coefficient (Wildman–Crippen LogP) is 4.60. The van der Waals surface area contributed by atoms with E-state index in [1.807, 2.05) is 36.5 Å². The number of aromatic amines is 1. The number of nitrogens with one attached hydrogen (secondary N) is 2. The molecule has 0 atom stereocenters. The van der Waals surface area contributed by atoms with E-state index in [9.17, 15) is 8.42 Å². The van der Waals surface area contributed by atoms with E-state index in [-0.39, 0.29) is 0 Å². The van der Waals surface area contributed by atoms with Crippen molar-refractivity contribution in [3.05, 3.63) is 54.9 Å². The summed E-state index contributed by atoms with van der Waals surface area (Å²) in [5, 5.41) is 4.36. The molecule has 1 saturated heterocycles. The van der Waals surface area contributed by atoms with Gasteiger partial charge in [-0.3, -0.25) is 0 Å². The van der Waals surface area contributed by atoms with Gasteiger partial charge in [0.2, 0.25) is 5.95 Å². The van der Waals surface area contributed by atoms with Crippen LogP contribution in [0.3, 0.4) is 0 Å². The van der Waals surface area contributed by atoms with Crippen molar-refractivity contribution >= 4 is 43.9 Å². The minimum atomic E-state index is -3.43. The van der Waals surface area contributed by atoms with E-state index in [4.69, 9.17) is 0 Å². The van der Waals surface area contributed by atoms with Gasteiger partial charge in [-0.1, -0.05) is 12.5 Å². The van der Waals surface area contributed by atoms with Crippen molar-refractivity contribution in [2.24, 2.45) is 0 Å². The number of fused-ring (bicyclic) bond motifs is 1. The number of hydrogen-bond donors (Lipinski definition) is 2. The topological polar surface area (TPSA) is 91.0 Å². The standard InChI is InChI=1S/C21H21N5O2S2/c27-30(28,26-12-2-1-3-13-26)20-7-6-19(29-20)17-9-11-23-21(25-17)24-16-5-4-15-8-10-22-18(15)14-16/h4-11,14,22H,1-3,12-13H2,(H,23,24,25). The Morgan fingerprint density at radius 3 is 2.77 bits per heavy atom. The van der Waals surface area contributed by atoms with Crippen LogP contribution in [0.1, 0.15) is 19.3 Å². The number of anilines is 2. The Labute approximate surface area is 178 Å². The highest BCUT2D eigenvalue weighted by atomic mass is 32.2. The van der Waals surface area contributed by atoms with Crippen molar-refractivity contribution in [3.8, 4) is 10.6 Å². The van der Waals surface area contributed by atoms with Gasteiger partial charge in [0.15, 0.2) is 0 Å². The first kappa shape index (κ1) is 19.2. The van der Waals surface area contributed by atoms with Crippen LogP contribution in [0.25, 0.3) is 21.5 Å². The molecule has 4 heterocycles. The highest BCUT2D eigenvalue weighted by Crippen LogP contribution is 2.32. The van der Waals surface area contributed by atoms with E-state index in [0.29, 0.717) is 28.9 Å². The van der Waals surface area contributed by atoms with Gasteiger partial charge in [0, 0.05) is 36.7 Å². The molecule has 1 aliphatic heterocycles. The summed E-state index contributed by atoms with van der Waals surface area (Å²) >= 11 is 1.25. The molecule has 0 unspecified atom stereocenters. The average molecular weight is 440 g/mol. The van der Waals surface area contributed by atoms with Gasteiger partial charge in [-0.25, -0.2) is 18.4 Å². The molecule has 0 aliphatic carbocycles. The van der Waals surface area contributed by atoms with Gasteiger partial charge < -0.3 is 10.3 Å². The largest absolute Gasteiger partial charge is 0.361 e. The van der Waals surface area contributed by atoms with Crippen molar-refractivity contribution in [2.75, 3.05) is 18.4 Å². The fourth-order valence-electron chi connectivity index (χ4n) is 3.64. The second kappa shape index (κ2) is 7.82. The smallest absolute Gasteiger partial charge is 0.252 e. The molecular weight excluding hydrogens is 418 g/mol. The molecule has 154 valence electrons. The van der Waals surface area contributed by atoms with E-state index in [1.165, 1.54) is 11.3 Å². The van der Waals surface area contributed by atoms with Crippen LogP contribution in [0, 0.1) is 0 Å². The van der Waals surface area contributed by atoms with Crippen LogP contribution >= 0.6 is 11.3 Å². The van der Waals surface area contributed by atoms with Crippen LogP contribution < -0.4 is 5.32 Å². The Balaban J connectivity index is 1.39. The Morgan fingerprint density at radius 1 is 1.03 bits per heavy atom. The van der Waals surface area contributed by atoms with Crippen molar-refractivity contribution < 1.29 is 8.42 Å². The van der Waals surface area contributed by atoms with Crippen LogP contribution in [-0.2, 0) is 10.0 Å². The summed E-state index contributed by atoms with van der Waals surface area (Å²) in [7, 11) is -3.43. The molecule has 1 aromatic carbocycles. The van der Waals surface area contributed by atoms with Crippen molar-refractivity contribution in [1.29, 1.82) is 0 Å². The number of sulfonamides is 1. The third kappa shape index (κ3) is 3.71. The second-order valence-electron chi connectivity index (χ2n) is 7.25. The van der Waals surface area contributed by atoms with Crippen molar-refractivity contribution in [3.63, 3.8) is 0 Å². The van der Waals surface area contributed by atoms with E-state index in [2.05, 4.69) is 20.3 Å². The lowest BCUT2D eigenvalue weighted by Gasteiger charge is -2.25. The van der Waals surface area contributed by atoms with Gasteiger partial charge in [-0.2, -0.15) is 4.31 Å². The van der Waals surface area contributed by atoms with Crippen molar-refractivity contribution in [1.82, 2.24) is 19.3 Å². The number of piperidine rings is 1. The number of H-pyrrole nitrogens is 1. The number of nitrogens with zero attached hydrogens (tertiary/aromatic N) is 3. The highest BCUT2D eigenvalue weighted by molar-refractivity contribution is 7.91. The molecule has 5 rings (SSSR count). The van der Waals surface area contributed by atoms with Crippen LogP contribution in [-0.4, -0.2) is 40.8 Å². The first-order valence-electron chi connectivity index (χ1n) is 9.87. The van der Waals surface area contributed by atoms with Crippen LogP contribution in [0.2, 0.25) is 0 Å². The van der Waals surface area contributed by atoms with Crippen LogP contribution in [0.15, 0.2) is 59.1 Å². The fraction of sp³-hybridized carbons (Fsp3) is 0.238. The normalized spacial score (nSPS) is 15.5. The third-order valence-electron chi connectivity index (χ3n) is 5.21. The van der Waals surface area contributed by atoms with E-state index in [1.54, 1.807) is 22.6 Å². The monoisotopic (exact) mass is 439 g/mol. The SMILES string of the molecule is O=S(=O)(c1ccc(-c2ccnc(Nc3ccc4cc[nH]c4c3)n2)s1)N1CCCCC1. The third-order valence-corrected chi connectivity index (χ3v) is 8.68. The Kier molecular flexibility index (Phi) is 5.01. The summed E-state index contributed by atoms with van der Waals surface area (Å²) in [5.74, 6) is 0.465. The molecule has 0 saturated carbocycles. The maximum absolute atomic E-state index is 12.9. The first-order valence-corrected chi connectivity index (χ1v) is 12.1. The summed E-state index contributed by atoms with van der Waals surface area (Å²) in [6, 6.07) is 13.3. The van der Waals surface area contributed by atoms with Gasteiger partial charge in [-0.05, 0) is 54.6 Å². The summed E-state index contributed by atoms with van der Waals surface area (Å²) in [6.45, 7) is 1.20. The molecule has 0 spiro atoms. The number of hydrogen-bond acceptors (Lipinski definition) is 6. The summed E-state index contributed by atoms with van der Waals surface area (Å²) in [4.78, 5) is 12.9. The minimum absolute atomic E-state index is 0.365. The molecule has 4 aromatic rings. The second-order valence-corrected chi connectivity index (χ2v) is 10.5. The molecule has 7 nitrogen and oxygen atoms in total. The Bertz CT molecular complexity index is 1290. The van der Waals surface area contributed by atoms with Gasteiger partial charge in [0.25, 0.3) is 10.0 Å². The maximum Gasteiger partial charge on any atom is 0.252 e. The van der Waals surface area contributed by atoms with Crippen LogP contribution in [0.5, 0.6) is 0 Å². The zero-order valence-electron chi connectivity index (χ0n) is 16.2. The van der Waals surface area contributed by atoms with Gasteiger partial charge in [0.05, 0.1) is 10.6 Å². The fourth-order valence-corrected chi connectivity index (χ4v) is 6.59. The van der Waals surface area contributed by atoms with Gasteiger partial charge >= 0.3 is 0 Å². The Hall–Kier alpha value is -2.75. The lowest BCUT2D eigenvalue weighted by molar-refractivity contribution is 0.347. The molecule has 3 aromatic heterocycles. The number of rotatable bonds is 5. The van der Waals surface area contributed by atoms with E-state index >= 15 is 0 Å². The molecule has 2 N–H and O–H groups in total. The predicted molar refractivity (Wildman–Crippen MR) is 120 cm³/mol. The lowest BCUT2D eigenvalue weighted by Crippen LogP contribution is -2.35. The van der Waals surface area contributed by atoms with Gasteiger partial charge in [0.1, 0.15) is 4.21 Å². The number of thiophene rings is 1. The molecule has 0 bridgehead atoms. The zero-order chi connectivity index (χ0) is 20.6. The average Bonchev–Trinajstić information content (AvgIpc) is 3.44. The lowest BCUT2D eigenvalue weighted by atomic mass is 10.2. The number of aromatic nitrogens is 3. The molecule has 30 heavy (non-hydrogen) atoms. The maximum atomic E-state index is 12.9.